The summed E-state index contributed by atoms with van der Waals surface area (Å²) in [7, 11) is 1.57. The van der Waals surface area contributed by atoms with Crippen LogP contribution in [0.2, 0.25) is 5.02 Å². The zero-order chi connectivity index (χ0) is 22.9. The van der Waals surface area contributed by atoms with Crippen LogP contribution in [0.25, 0.3) is 0 Å². The zero-order valence-corrected chi connectivity index (χ0v) is 19.0. The van der Waals surface area contributed by atoms with Crippen LogP contribution in [0.15, 0.2) is 65.8 Å². The summed E-state index contributed by atoms with van der Waals surface area (Å²) in [6.45, 7) is 4.14. The number of hydrogen-bond acceptors (Lipinski definition) is 5. The Morgan fingerprint density at radius 2 is 1.72 bits per heavy atom. The largest absolute Gasteiger partial charge is 0.493 e. The highest BCUT2D eigenvalue weighted by Crippen LogP contribution is 2.28. The summed E-state index contributed by atoms with van der Waals surface area (Å²) in [6.07, 6.45) is 1.53. The molecule has 1 amide bonds. The van der Waals surface area contributed by atoms with Crippen LogP contribution >= 0.6 is 11.6 Å². The smallest absolute Gasteiger partial charge is 0.277 e. The Morgan fingerprint density at radius 3 is 2.41 bits per heavy atom. The molecular weight excluding hydrogens is 428 g/mol. The molecule has 0 atom stereocenters. The molecule has 0 aromatic heterocycles. The lowest BCUT2D eigenvalue weighted by molar-refractivity contribution is -0.123. The number of rotatable bonds is 9. The van der Waals surface area contributed by atoms with Crippen LogP contribution in [-0.2, 0) is 11.4 Å². The van der Waals surface area contributed by atoms with E-state index in [0.717, 1.165) is 22.3 Å². The highest BCUT2D eigenvalue weighted by molar-refractivity contribution is 6.30. The van der Waals surface area contributed by atoms with Gasteiger partial charge in [0.1, 0.15) is 12.4 Å². The molecule has 0 bridgehead atoms. The van der Waals surface area contributed by atoms with E-state index in [1.165, 1.54) is 6.21 Å². The van der Waals surface area contributed by atoms with Gasteiger partial charge in [-0.25, -0.2) is 5.43 Å². The van der Waals surface area contributed by atoms with Crippen molar-refractivity contribution in [3.05, 3.63) is 87.9 Å². The van der Waals surface area contributed by atoms with E-state index in [1.807, 2.05) is 62.4 Å². The molecule has 3 aromatic rings. The minimum absolute atomic E-state index is 0.121. The van der Waals surface area contributed by atoms with Gasteiger partial charge in [-0.15, -0.1) is 0 Å². The lowest BCUT2D eigenvalue weighted by Crippen LogP contribution is -2.25. The number of amides is 1. The van der Waals surface area contributed by atoms with Crippen molar-refractivity contribution in [2.75, 3.05) is 13.7 Å². The van der Waals surface area contributed by atoms with Crippen molar-refractivity contribution in [1.29, 1.82) is 0 Å². The maximum atomic E-state index is 12.0. The number of benzene rings is 3. The standard InChI is InChI=1S/C25H25ClN2O4/c1-17-5-4-6-18(2)25(17)32-16-24(29)28-27-14-20-9-12-22(23(13-20)30-3)31-15-19-7-10-21(26)11-8-19/h4-14H,15-16H2,1-3H3,(H,28,29)/b27-14-. The Labute approximate surface area is 192 Å². The number of ether oxygens (including phenoxy) is 3. The molecule has 0 spiro atoms. The zero-order valence-electron chi connectivity index (χ0n) is 18.2. The van der Waals surface area contributed by atoms with E-state index in [4.69, 9.17) is 25.8 Å². The number of carbonyl (C=O) groups excluding carboxylic acids is 1. The maximum absolute atomic E-state index is 12.0. The second-order valence-electron chi connectivity index (χ2n) is 7.13. The average molecular weight is 453 g/mol. The Balaban J connectivity index is 1.53. The summed E-state index contributed by atoms with van der Waals surface area (Å²) < 4.78 is 16.9. The van der Waals surface area contributed by atoms with Gasteiger partial charge in [-0.1, -0.05) is 41.9 Å². The minimum Gasteiger partial charge on any atom is -0.493 e. The molecule has 6 nitrogen and oxygen atoms in total. The molecule has 0 heterocycles. The number of carbonyl (C=O) groups is 1. The molecular formula is C25H25ClN2O4. The summed E-state index contributed by atoms with van der Waals surface area (Å²) in [5.74, 6) is 1.53. The summed E-state index contributed by atoms with van der Waals surface area (Å²) in [5.41, 5.74) is 6.16. The van der Waals surface area contributed by atoms with E-state index in [-0.39, 0.29) is 12.5 Å². The van der Waals surface area contributed by atoms with Gasteiger partial charge in [0.25, 0.3) is 5.91 Å². The van der Waals surface area contributed by atoms with Crippen molar-refractivity contribution in [1.82, 2.24) is 5.43 Å². The Hall–Kier alpha value is -3.51. The van der Waals surface area contributed by atoms with Crippen LogP contribution in [0.3, 0.4) is 0 Å². The van der Waals surface area contributed by atoms with Crippen LogP contribution in [0.5, 0.6) is 17.2 Å². The molecule has 32 heavy (non-hydrogen) atoms. The first-order valence-corrected chi connectivity index (χ1v) is 10.4. The number of para-hydroxylation sites is 1. The first-order chi connectivity index (χ1) is 15.5. The van der Waals surface area contributed by atoms with Crippen molar-refractivity contribution < 1.29 is 19.0 Å². The van der Waals surface area contributed by atoms with Crippen molar-refractivity contribution in [3.8, 4) is 17.2 Å². The van der Waals surface area contributed by atoms with E-state index in [1.54, 1.807) is 19.2 Å². The van der Waals surface area contributed by atoms with Gasteiger partial charge in [-0.3, -0.25) is 4.79 Å². The molecule has 0 aliphatic rings. The van der Waals surface area contributed by atoms with Crippen LogP contribution in [-0.4, -0.2) is 25.8 Å². The van der Waals surface area contributed by atoms with Crippen LogP contribution in [0.4, 0.5) is 0 Å². The Morgan fingerprint density at radius 1 is 1.00 bits per heavy atom. The van der Waals surface area contributed by atoms with E-state index >= 15 is 0 Å². The van der Waals surface area contributed by atoms with Crippen molar-refractivity contribution in [2.45, 2.75) is 20.5 Å². The van der Waals surface area contributed by atoms with Crippen molar-refractivity contribution in [3.63, 3.8) is 0 Å². The van der Waals surface area contributed by atoms with E-state index < -0.39 is 0 Å². The number of nitrogens with one attached hydrogen (secondary N) is 1. The van der Waals surface area contributed by atoms with Crippen molar-refractivity contribution >= 4 is 23.7 Å². The first-order valence-electron chi connectivity index (χ1n) is 10.0. The fourth-order valence-corrected chi connectivity index (χ4v) is 3.13. The summed E-state index contributed by atoms with van der Waals surface area (Å²) in [4.78, 5) is 12.0. The van der Waals surface area contributed by atoms with E-state index in [9.17, 15) is 4.79 Å². The van der Waals surface area contributed by atoms with E-state index in [2.05, 4.69) is 10.5 Å². The molecule has 0 fully saturated rings. The lowest BCUT2D eigenvalue weighted by Gasteiger charge is -2.11. The summed E-state index contributed by atoms with van der Waals surface area (Å²) in [5, 5.41) is 4.67. The molecule has 1 N–H and O–H groups in total. The molecule has 0 aliphatic heterocycles. The fraction of sp³-hybridized carbons (Fsp3) is 0.200. The van der Waals surface area contributed by atoms with Gasteiger partial charge in [0.15, 0.2) is 18.1 Å². The molecule has 3 aromatic carbocycles. The number of hydrogen-bond donors (Lipinski definition) is 1. The summed E-state index contributed by atoms with van der Waals surface area (Å²) >= 11 is 5.91. The topological polar surface area (TPSA) is 69.2 Å². The maximum Gasteiger partial charge on any atom is 0.277 e. The molecule has 0 unspecified atom stereocenters. The van der Waals surface area contributed by atoms with Gasteiger partial charge >= 0.3 is 0 Å². The predicted octanol–water partition coefficient (Wildman–Crippen LogP) is 5.07. The quantitative estimate of drug-likeness (QED) is 0.363. The first kappa shape index (κ1) is 23.2. The number of methoxy groups -OCH3 is 1. The second kappa shape index (κ2) is 11.2. The molecule has 0 saturated carbocycles. The van der Waals surface area contributed by atoms with Crippen LogP contribution < -0.4 is 19.6 Å². The normalized spacial score (nSPS) is 10.8. The Kier molecular flexibility index (Phi) is 8.11. The molecule has 7 heteroatoms. The van der Waals surface area contributed by atoms with Gasteiger partial charge in [-0.05, 0) is 66.4 Å². The van der Waals surface area contributed by atoms with Gasteiger partial charge in [0, 0.05) is 5.02 Å². The van der Waals surface area contributed by atoms with Crippen LogP contribution in [0.1, 0.15) is 22.3 Å². The molecule has 0 radical (unpaired) electrons. The number of nitrogens with zero attached hydrogens (tertiary/aromatic N) is 1. The molecule has 166 valence electrons. The number of hydrazone groups is 1. The van der Waals surface area contributed by atoms with Crippen molar-refractivity contribution in [2.24, 2.45) is 5.10 Å². The van der Waals surface area contributed by atoms with Crippen LogP contribution in [0, 0.1) is 13.8 Å². The van der Waals surface area contributed by atoms with Gasteiger partial charge in [0.2, 0.25) is 0 Å². The lowest BCUT2D eigenvalue weighted by atomic mass is 10.1. The highest BCUT2D eigenvalue weighted by Gasteiger charge is 2.08. The van der Waals surface area contributed by atoms with E-state index in [0.29, 0.717) is 28.9 Å². The third kappa shape index (κ3) is 6.49. The Bertz CT molecular complexity index is 1080. The SMILES string of the molecule is COc1cc(/C=N\NC(=O)COc2c(C)cccc2C)ccc1OCc1ccc(Cl)cc1. The molecule has 0 saturated heterocycles. The van der Waals surface area contributed by atoms with Gasteiger partial charge in [-0.2, -0.15) is 5.10 Å². The second-order valence-corrected chi connectivity index (χ2v) is 7.56. The highest BCUT2D eigenvalue weighted by atomic mass is 35.5. The third-order valence-corrected chi connectivity index (χ3v) is 4.91. The summed E-state index contributed by atoms with van der Waals surface area (Å²) in [6, 6.07) is 18.7. The molecule has 3 rings (SSSR count). The minimum atomic E-state index is -0.348. The number of aryl methyl sites for hydroxylation is 2. The average Bonchev–Trinajstić information content (AvgIpc) is 2.78. The predicted molar refractivity (Wildman–Crippen MR) is 126 cm³/mol. The molecule has 0 aliphatic carbocycles. The number of halogens is 1. The fourth-order valence-electron chi connectivity index (χ4n) is 3.00. The van der Waals surface area contributed by atoms with Gasteiger partial charge < -0.3 is 14.2 Å². The third-order valence-electron chi connectivity index (χ3n) is 4.65. The monoisotopic (exact) mass is 452 g/mol. The van der Waals surface area contributed by atoms with Gasteiger partial charge in [0.05, 0.1) is 13.3 Å².